The molecule has 3 heteroatoms. The second-order valence-electron chi connectivity index (χ2n) is 3.82. The van der Waals surface area contributed by atoms with Gasteiger partial charge in [-0.1, -0.05) is 19.4 Å². The maximum Gasteiger partial charge on any atom is 0.0802 e. The molecular formula is C12H19NO2. The van der Waals surface area contributed by atoms with Crippen molar-refractivity contribution in [2.75, 3.05) is 0 Å². The molecule has 2 N–H and O–H groups in total. The molecule has 3 nitrogen and oxygen atoms in total. The van der Waals surface area contributed by atoms with Gasteiger partial charge in [0.15, 0.2) is 0 Å². The summed E-state index contributed by atoms with van der Waals surface area (Å²) in [6.07, 6.45) is 5.21. The molecule has 0 aromatic carbocycles. The van der Waals surface area contributed by atoms with Gasteiger partial charge in [-0.05, 0) is 30.9 Å². The number of aryl methyl sites for hydroxylation is 1. The summed E-state index contributed by atoms with van der Waals surface area (Å²) in [5.74, 6) is 0. The van der Waals surface area contributed by atoms with Crippen LogP contribution < -0.4 is 0 Å². The van der Waals surface area contributed by atoms with Crippen LogP contribution in [0.1, 0.15) is 31.7 Å². The third-order valence-electron chi connectivity index (χ3n) is 2.48. The normalized spacial score (nSPS) is 14.9. The summed E-state index contributed by atoms with van der Waals surface area (Å²) in [6, 6.07) is 3.86. The molecule has 1 rings (SSSR count). The van der Waals surface area contributed by atoms with Crippen LogP contribution in [0.25, 0.3) is 0 Å². The van der Waals surface area contributed by atoms with E-state index in [1.165, 1.54) is 0 Å². The van der Waals surface area contributed by atoms with Crippen molar-refractivity contribution >= 4 is 0 Å². The lowest BCUT2D eigenvalue weighted by Gasteiger charge is -2.16. The Balaban J connectivity index is 2.31. The standard InChI is InChI=1S/C12H19NO2/c1-2-4-11(14)12(15)7-6-10-5-3-8-13-9-10/h3,5,8-9,11-12,14-15H,2,4,6-7H2,1H3. The largest absolute Gasteiger partial charge is 0.390 e. The minimum Gasteiger partial charge on any atom is -0.390 e. The molecule has 2 atom stereocenters. The van der Waals surface area contributed by atoms with Crippen molar-refractivity contribution < 1.29 is 10.2 Å². The van der Waals surface area contributed by atoms with Crippen molar-refractivity contribution in [3.63, 3.8) is 0 Å². The van der Waals surface area contributed by atoms with Crippen molar-refractivity contribution in [1.82, 2.24) is 4.98 Å². The average molecular weight is 209 g/mol. The van der Waals surface area contributed by atoms with Crippen LogP contribution in [0, 0.1) is 0 Å². The average Bonchev–Trinajstić information content (AvgIpc) is 2.27. The van der Waals surface area contributed by atoms with Crippen LogP contribution in [0.4, 0.5) is 0 Å². The fraction of sp³-hybridized carbons (Fsp3) is 0.583. The number of nitrogens with zero attached hydrogens (tertiary/aromatic N) is 1. The highest BCUT2D eigenvalue weighted by Crippen LogP contribution is 2.09. The molecular weight excluding hydrogens is 190 g/mol. The van der Waals surface area contributed by atoms with E-state index in [2.05, 4.69) is 4.98 Å². The lowest BCUT2D eigenvalue weighted by atomic mass is 10.0. The van der Waals surface area contributed by atoms with Crippen molar-refractivity contribution in [1.29, 1.82) is 0 Å². The highest BCUT2D eigenvalue weighted by molar-refractivity contribution is 5.08. The summed E-state index contributed by atoms with van der Waals surface area (Å²) in [5.41, 5.74) is 1.10. The van der Waals surface area contributed by atoms with Crippen LogP contribution in [-0.2, 0) is 6.42 Å². The Hall–Kier alpha value is -0.930. The Kier molecular flexibility index (Phi) is 5.29. The maximum absolute atomic E-state index is 9.64. The number of hydrogen-bond donors (Lipinski definition) is 2. The molecule has 0 amide bonds. The van der Waals surface area contributed by atoms with Gasteiger partial charge in [0.1, 0.15) is 0 Å². The first-order valence-electron chi connectivity index (χ1n) is 5.49. The van der Waals surface area contributed by atoms with Crippen molar-refractivity contribution in [3.8, 4) is 0 Å². The van der Waals surface area contributed by atoms with Crippen molar-refractivity contribution in [3.05, 3.63) is 30.1 Å². The van der Waals surface area contributed by atoms with Crippen LogP contribution in [0.15, 0.2) is 24.5 Å². The lowest BCUT2D eigenvalue weighted by Crippen LogP contribution is -2.26. The van der Waals surface area contributed by atoms with Gasteiger partial charge in [-0.25, -0.2) is 0 Å². The smallest absolute Gasteiger partial charge is 0.0802 e. The van der Waals surface area contributed by atoms with E-state index in [0.29, 0.717) is 12.8 Å². The fourth-order valence-corrected chi connectivity index (χ4v) is 1.54. The second kappa shape index (κ2) is 6.53. The summed E-state index contributed by atoms with van der Waals surface area (Å²) < 4.78 is 0. The van der Waals surface area contributed by atoms with Gasteiger partial charge in [0, 0.05) is 12.4 Å². The van der Waals surface area contributed by atoms with E-state index >= 15 is 0 Å². The fourth-order valence-electron chi connectivity index (χ4n) is 1.54. The summed E-state index contributed by atoms with van der Waals surface area (Å²) >= 11 is 0. The van der Waals surface area contributed by atoms with Gasteiger partial charge in [0.05, 0.1) is 12.2 Å². The minimum absolute atomic E-state index is 0.590. The third-order valence-corrected chi connectivity index (χ3v) is 2.48. The molecule has 15 heavy (non-hydrogen) atoms. The lowest BCUT2D eigenvalue weighted by molar-refractivity contribution is 0.00980. The second-order valence-corrected chi connectivity index (χ2v) is 3.82. The number of aliphatic hydroxyl groups excluding tert-OH is 2. The molecule has 0 bridgehead atoms. The predicted octanol–water partition coefficient (Wildman–Crippen LogP) is 1.54. The Morgan fingerprint density at radius 2 is 2.00 bits per heavy atom. The van der Waals surface area contributed by atoms with E-state index in [4.69, 9.17) is 0 Å². The van der Waals surface area contributed by atoms with Crippen LogP contribution in [0.3, 0.4) is 0 Å². The first-order valence-corrected chi connectivity index (χ1v) is 5.49. The van der Waals surface area contributed by atoms with Gasteiger partial charge in [0.2, 0.25) is 0 Å². The number of pyridine rings is 1. The van der Waals surface area contributed by atoms with Gasteiger partial charge in [-0.2, -0.15) is 0 Å². The van der Waals surface area contributed by atoms with Crippen LogP contribution in [0.5, 0.6) is 0 Å². The van der Waals surface area contributed by atoms with Gasteiger partial charge in [-0.15, -0.1) is 0 Å². The summed E-state index contributed by atoms with van der Waals surface area (Å²) in [7, 11) is 0. The monoisotopic (exact) mass is 209 g/mol. The Bertz CT molecular complexity index is 264. The molecule has 0 aliphatic heterocycles. The predicted molar refractivity (Wildman–Crippen MR) is 59.5 cm³/mol. The summed E-state index contributed by atoms with van der Waals surface area (Å²) in [5, 5.41) is 19.2. The van der Waals surface area contributed by atoms with Crippen LogP contribution in [-0.4, -0.2) is 27.4 Å². The van der Waals surface area contributed by atoms with E-state index in [-0.39, 0.29) is 0 Å². The van der Waals surface area contributed by atoms with Gasteiger partial charge in [0.25, 0.3) is 0 Å². The van der Waals surface area contributed by atoms with E-state index in [1.54, 1.807) is 12.4 Å². The maximum atomic E-state index is 9.64. The minimum atomic E-state index is -0.620. The molecule has 1 heterocycles. The Morgan fingerprint density at radius 1 is 1.27 bits per heavy atom. The Labute approximate surface area is 90.8 Å². The summed E-state index contributed by atoms with van der Waals surface area (Å²) in [6.45, 7) is 2.00. The number of rotatable bonds is 6. The van der Waals surface area contributed by atoms with E-state index in [9.17, 15) is 10.2 Å². The van der Waals surface area contributed by atoms with Gasteiger partial charge in [-0.3, -0.25) is 4.98 Å². The SMILES string of the molecule is CCCC(O)C(O)CCc1cccnc1. The molecule has 0 radical (unpaired) electrons. The quantitative estimate of drug-likeness (QED) is 0.747. The zero-order valence-corrected chi connectivity index (χ0v) is 9.13. The molecule has 0 saturated heterocycles. The number of hydrogen-bond acceptors (Lipinski definition) is 3. The number of aromatic nitrogens is 1. The molecule has 0 fully saturated rings. The van der Waals surface area contributed by atoms with Gasteiger partial charge < -0.3 is 10.2 Å². The Morgan fingerprint density at radius 3 is 2.60 bits per heavy atom. The highest BCUT2D eigenvalue weighted by atomic mass is 16.3. The van der Waals surface area contributed by atoms with E-state index in [1.807, 2.05) is 19.1 Å². The molecule has 0 saturated carbocycles. The van der Waals surface area contributed by atoms with E-state index in [0.717, 1.165) is 18.4 Å². The molecule has 2 unspecified atom stereocenters. The topological polar surface area (TPSA) is 53.4 Å². The third kappa shape index (κ3) is 4.40. The zero-order chi connectivity index (χ0) is 11.1. The van der Waals surface area contributed by atoms with Crippen LogP contribution >= 0.6 is 0 Å². The van der Waals surface area contributed by atoms with Crippen molar-refractivity contribution in [2.24, 2.45) is 0 Å². The van der Waals surface area contributed by atoms with E-state index < -0.39 is 12.2 Å². The molecule has 1 aromatic heterocycles. The first-order chi connectivity index (χ1) is 7.24. The zero-order valence-electron chi connectivity index (χ0n) is 9.13. The molecule has 0 aliphatic rings. The number of aliphatic hydroxyl groups is 2. The van der Waals surface area contributed by atoms with Crippen LogP contribution in [0.2, 0.25) is 0 Å². The first kappa shape index (κ1) is 12.1. The van der Waals surface area contributed by atoms with Gasteiger partial charge >= 0.3 is 0 Å². The molecule has 0 spiro atoms. The molecule has 1 aromatic rings. The highest BCUT2D eigenvalue weighted by Gasteiger charge is 2.14. The van der Waals surface area contributed by atoms with Crippen molar-refractivity contribution in [2.45, 2.75) is 44.8 Å². The summed E-state index contributed by atoms with van der Waals surface area (Å²) in [4.78, 5) is 4.00. The molecule has 84 valence electrons. The molecule has 0 aliphatic carbocycles.